The van der Waals surface area contributed by atoms with Crippen LogP contribution in [0.25, 0.3) is 0 Å². The zero-order valence-electron chi connectivity index (χ0n) is 12.5. The van der Waals surface area contributed by atoms with Crippen LogP contribution in [0.4, 0.5) is 0 Å². The van der Waals surface area contributed by atoms with Crippen molar-refractivity contribution in [3.63, 3.8) is 0 Å². The second-order valence-electron chi connectivity index (χ2n) is 5.36. The van der Waals surface area contributed by atoms with E-state index in [-0.39, 0.29) is 0 Å². The second kappa shape index (κ2) is 5.57. The summed E-state index contributed by atoms with van der Waals surface area (Å²) >= 11 is 0. The van der Waals surface area contributed by atoms with Crippen LogP contribution in [0.2, 0.25) is 0 Å². The summed E-state index contributed by atoms with van der Waals surface area (Å²) in [6.07, 6.45) is 2.08. The fourth-order valence-electron chi connectivity index (χ4n) is 2.24. The van der Waals surface area contributed by atoms with Crippen molar-refractivity contribution in [2.24, 2.45) is 7.05 Å². The molecule has 1 atom stereocenters. The zero-order chi connectivity index (χ0) is 14.0. The third-order valence-electron chi connectivity index (χ3n) is 3.74. The van der Waals surface area contributed by atoms with Crippen molar-refractivity contribution in [3.05, 3.63) is 52.3 Å². The summed E-state index contributed by atoms with van der Waals surface area (Å²) in [4.78, 5) is 0. The van der Waals surface area contributed by atoms with Crippen LogP contribution >= 0.6 is 0 Å². The van der Waals surface area contributed by atoms with E-state index in [1.807, 2.05) is 11.7 Å². The molecule has 1 unspecified atom stereocenters. The number of nitrogens with one attached hydrogen (secondary N) is 1. The van der Waals surface area contributed by atoms with Gasteiger partial charge in [-0.15, -0.1) is 0 Å². The highest BCUT2D eigenvalue weighted by Gasteiger charge is 2.08. The molecule has 3 heteroatoms. The Bertz CT molecular complexity index is 569. The Kier molecular flexibility index (Phi) is 4.05. The van der Waals surface area contributed by atoms with E-state index < -0.39 is 0 Å². The van der Waals surface area contributed by atoms with Crippen molar-refractivity contribution in [3.8, 4) is 0 Å². The Morgan fingerprint density at radius 3 is 2.53 bits per heavy atom. The van der Waals surface area contributed by atoms with Crippen molar-refractivity contribution in [2.75, 3.05) is 0 Å². The fraction of sp³-hybridized carbons (Fsp3) is 0.438. The van der Waals surface area contributed by atoms with E-state index in [2.05, 4.69) is 62.5 Å². The number of hydrogen-bond donors (Lipinski definition) is 1. The standard InChI is InChI=1S/C16H23N3/c1-11-6-7-15(8-12(11)2)13(3)17-9-16-10-19(5)18-14(16)4/h6-8,10,13,17H,9H2,1-5H3. The number of aryl methyl sites for hydroxylation is 4. The van der Waals surface area contributed by atoms with Crippen LogP contribution in [-0.2, 0) is 13.6 Å². The smallest absolute Gasteiger partial charge is 0.0638 e. The topological polar surface area (TPSA) is 29.9 Å². The molecule has 1 N–H and O–H groups in total. The highest BCUT2D eigenvalue weighted by molar-refractivity contribution is 5.31. The molecule has 0 aliphatic rings. The maximum Gasteiger partial charge on any atom is 0.0638 e. The van der Waals surface area contributed by atoms with Crippen LogP contribution in [0, 0.1) is 20.8 Å². The third-order valence-corrected chi connectivity index (χ3v) is 3.74. The molecule has 1 heterocycles. The second-order valence-corrected chi connectivity index (χ2v) is 5.36. The summed E-state index contributed by atoms with van der Waals surface area (Å²) in [6, 6.07) is 7.01. The van der Waals surface area contributed by atoms with Gasteiger partial charge in [-0.25, -0.2) is 0 Å². The SMILES string of the molecule is Cc1ccc(C(C)NCc2cn(C)nc2C)cc1C. The molecule has 0 saturated carbocycles. The van der Waals surface area contributed by atoms with E-state index in [0.29, 0.717) is 6.04 Å². The molecule has 0 bridgehead atoms. The van der Waals surface area contributed by atoms with Crippen molar-refractivity contribution in [2.45, 2.75) is 40.3 Å². The molecule has 1 aromatic heterocycles. The lowest BCUT2D eigenvalue weighted by Crippen LogP contribution is -2.18. The average molecular weight is 257 g/mol. The summed E-state index contributed by atoms with van der Waals surface area (Å²) in [7, 11) is 1.96. The van der Waals surface area contributed by atoms with Gasteiger partial charge < -0.3 is 5.32 Å². The first kappa shape index (κ1) is 13.8. The van der Waals surface area contributed by atoms with Crippen molar-refractivity contribution >= 4 is 0 Å². The Morgan fingerprint density at radius 2 is 1.95 bits per heavy atom. The molecule has 0 aliphatic heterocycles. The molecular formula is C16H23N3. The summed E-state index contributed by atoms with van der Waals surface area (Å²) < 4.78 is 1.87. The Hall–Kier alpha value is -1.61. The van der Waals surface area contributed by atoms with Gasteiger partial charge in [0.1, 0.15) is 0 Å². The van der Waals surface area contributed by atoms with Crippen molar-refractivity contribution < 1.29 is 0 Å². The number of rotatable bonds is 4. The van der Waals surface area contributed by atoms with E-state index in [9.17, 15) is 0 Å². The van der Waals surface area contributed by atoms with E-state index in [0.717, 1.165) is 12.2 Å². The molecule has 3 nitrogen and oxygen atoms in total. The lowest BCUT2D eigenvalue weighted by molar-refractivity contribution is 0.573. The highest BCUT2D eigenvalue weighted by atomic mass is 15.2. The molecule has 0 aliphatic carbocycles. The number of hydrogen-bond acceptors (Lipinski definition) is 2. The van der Waals surface area contributed by atoms with E-state index >= 15 is 0 Å². The van der Waals surface area contributed by atoms with E-state index in [4.69, 9.17) is 0 Å². The summed E-state index contributed by atoms with van der Waals surface area (Å²) in [5.74, 6) is 0. The summed E-state index contributed by atoms with van der Waals surface area (Å²) in [5.41, 5.74) is 6.40. The minimum absolute atomic E-state index is 0.346. The van der Waals surface area contributed by atoms with Crippen LogP contribution in [-0.4, -0.2) is 9.78 Å². The van der Waals surface area contributed by atoms with Crippen LogP contribution < -0.4 is 5.32 Å². The predicted molar refractivity (Wildman–Crippen MR) is 79.1 cm³/mol. The normalized spacial score (nSPS) is 12.7. The van der Waals surface area contributed by atoms with Crippen molar-refractivity contribution in [1.29, 1.82) is 0 Å². The van der Waals surface area contributed by atoms with Crippen LogP contribution in [0.1, 0.15) is 40.9 Å². The Balaban J connectivity index is 2.03. The van der Waals surface area contributed by atoms with Gasteiger partial charge in [0.2, 0.25) is 0 Å². The molecule has 0 saturated heterocycles. The first-order chi connectivity index (χ1) is 8.97. The summed E-state index contributed by atoms with van der Waals surface area (Å²) in [5, 5.41) is 7.93. The quantitative estimate of drug-likeness (QED) is 0.911. The van der Waals surface area contributed by atoms with Crippen LogP contribution in [0.5, 0.6) is 0 Å². The fourth-order valence-corrected chi connectivity index (χ4v) is 2.24. The van der Waals surface area contributed by atoms with Gasteiger partial charge in [-0.1, -0.05) is 18.2 Å². The lowest BCUT2D eigenvalue weighted by atomic mass is 10.0. The minimum atomic E-state index is 0.346. The minimum Gasteiger partial charge on any atom is -0.306 e. The zero-order valence-corrected chi connectivity index (χ0v) is 12.5. The number of nitrogens with zero attached hydrogens (tertiary/aromatic N) is 2. The molecule has 0 spiro atoms. The number of benzene rings is 1. The van der Waals surface area contributed by atoms with Gasteiger partial charge in [-0.3, -0.25) is 4.68 Å². The number of aromatic nitrogens is 2. The molecule has 102 valence electrons. The Labute approximate surface area is 115 Å². The molecule has 19 heavy (non-hydrogen) atoms. The largest absolute Gasteiger partial charge is 0.306 e. The van der Waals surface area contributed by atoms with Gasteiger partial charge in [0.15, 0.2) is 0 Å². The third kappa shape index (κ3) is 3.24. The summed E-state index contributed by atoms with van der Waals surface area (Å²) in [6.45, 7) is 9.42. The monoisotopic (exact) mass is 257 g/mol. The van der Waals surface area contributed by atoms with Gasteiger partial charge in [0.05, 0.1) is 5.69 Å². The average Bonchev–Trinajstić information content (AvgIpc) is 2.68. The van der Waals surface area contributed by atoms with E-state index in [1.54, 1.807) is 0 Å². The molecule has 2 rings (SSSR count). The molecule has 2 aromatic rings. The van der Waals surface area contributed by atoms with E-state index in [1.165, 1.54) is 22.3 Å². The molecule has 0 fully saturated rings. The predicted octanol–water partition coefficient (Wildman–Crippen LogP) is 3.20. The van der Waals surface area contributed by atoms with Gasteiger partial charge in [0.25, 0.3) is 0 Å². The maximum absolute atomic E-state index is 4.36. The van der Waals surface area contributed by atoms with Crippen LogP contribution in [0.15, 0.2) is 24.4 Å². The van der Waals surface area contributed by atoms with Crippen molar-refractivity contribution in [1.82, 2.24) is 15.1 Å². The van der Waals surface area contributed by atoms with Gasteiger partial charge in [-0.2, -0.15) is 5.10 Å². The van der Waals surface area contributed by atoms with Gasteiger partial charge >= 0.3 is 0 Å². The molecular weight excluding hydrogens is 234 g/mol. The van der Waals surface area contributed by atoms with Gasteiger partial charge in [-0.05, 0) is 44.4 Å². The maximum atomic E-state index is 4.36. The molecule has 0 radical (unpaired) electrons. The first-order valence-corrected chi connectivity index (χ1v) is 6.77. The lowest BCUT2D eigenvalue weighted by Gasteiger charge is -2.15. The highest BCUT2D eigenvalue weighted by Crippen LogP contribution is 2.17. The Morgan fingerprint density at radius 1 is 1.21 bits per heavy atom. The molecule has 0 amide bonds. The van der Waals surface area contributed by atoms with Gasteiger partial charge in [0, 0.05) is 31.4 Å². The molecule has 1 aromatic carbocycles. The van der Waals surface area contributed by atoms with Crippen LogP contribution in [0.3, 0.4) is 0 Å². The first-order valence-electron chi connectivity index (χ1n) is 6.77.